The second-order valence-electron chi connectivity index (χ2n) is 5.43. The molecule has 1 saturated heterocycles. The second kappa shape index (κ2) is 3.69. The lowest BCUT2D eigenvalue weighted by molar-refractivity contribution is -0.123. The summed E-state index contributed by atoms with van der Waals surface area (Å²) >= 11 is 0. The van der Waals surface area contributed by atoms with E-state index >= 15 is 0 Å². The van der Waals surface area contributed by atoms with E-state index in [1.165, 1.54) is 0 Å². The topological polar surface area (TPSA) is 29.1 Å². The number of nitrogens with one attached hydrogen (secondary N) is 1. The Kier molecular flexibility index (Phi) is 2.99. The normalized spacial score (nSPS) is 29.1. The van der Waals surface area contributed by atoms with Gasteiger partial charge >= 0.3 is 0 Å². The van der Waals surface area contributed by atoms with Gasteiger partial charge in [-0.1, -0.05) is 27.7 Å². The molecule has 76 valence electrons. The first-order chi connectivity index (χ1) is 5.90. The molecule has 2 unspecified atom stereocenters. The summed E-state index contributed by atoms with van der Waals surface area (Å²) in [6.07, 6.45) is 2.17. The molecule has 13 heavy (non-hydrogen) atoms. The summed E-state index contributed by atoms with van der Waals surface area (Å²) in [6, 6.07) is 0. The zero-order valence-electron chi connectivity index (χ0n) is 9.18. The third-order valence-corrected chi connectivity index (χ3v) is 2.83. The molecule has 0 aromatic carbocycles. The number of amides is 1. The standard InChI is InChI=1S/C11H21NO/c1-8-7-12-10(13)9(8)5-6-11(2,3)4/h8-9H,5-7H2,1-4H3,(H,12,13). The first-order valence-corrected chi connectivity index (χ1v) is 5.18. The quantitative estimate of drug-likeness (QED) is 0.698. The molecule has 0 aromatic heterocycles. The Labute approximate surface area is 81.1 Å². The van der Waals surface area contributed by atoms with Crippen LogP contribution in [0, 0.1) is 17.3 Å². The molecule has 0 spiro atoms. The fourth-order valence-corrected chi connectivity index (χ4v) is 1.80. The molecular weight excluding hydrogens is 162 g/mol. The van der Waals surface area contributed by atoms with E-state index in [1.807, 2.05) is 0 Å². The van der Waals surface area contributed by atoms with Gasteiger partial charge in [-0.3, -0.25) is 4.79 Å². The number of rotatable bonds is 2. The molecule has 1 fully saturated rings. The molecule has 1 amide bonds. The summed E-state index contributed by atoms with van der Waals surface area (Å²) in [4.78, 5) is 11.4. The molecule has 0 radical (unpaired) electrons. The highest BCUT2D eigenvalue weighted by molar-refractivity contribution is 5.81. The predicted molar refractivity (Wildman–Crippen MR) is 54.4 cm³/mol. The molecular formula is C11H21NO. The third kappa shape index (κ3) is 3.02. The first-order valence-electron chi connectivity index (χ1n) is 5.18. The largest absolute Gasteiger partial charge is 0.356 e. The van der Waals surface area contributed by atoms with Gasteiger partial charge in [0.2, 0.25) is 5.91 Å². The maximum Gasteiger partial charge on any atom is 0.223 e. The Morgan fingerprint density at radius 2 is 2.08 bits per heavy atom. The van der Waals surface area contributed by atoms with Crippen molar-refractivity contribution >= 4 is 5.91 Å². The smallest absolute Gasteiger partial charge is 0.223 e. The second-order valence-corrected chi connectivity index (χ2v) is 5.43. The Balaban J connectivity index is 2.40. The van der Waals surface area contributed by atoms with E-state index in [1.54, 1.807) is 0 Å². The Morgan fingerprint density at radius 3 is 2.46 bits per heavy atom. The van der Waals surface area contributed by atoms with Gasteiger partial charge in [-0.2, -0.15) is 0 Å². The highest BCUT2D eigenvalue weighted by Crippen LogP contribution is 2.29. The fraction of sp³-hybridized carbons (Fsp3) is 0.909. The Bertz CT molecular complexity index is 193. The van der Waals surface area contributed by atoms with Crippen LogP contribution in [0.25, 0.3) is 0 Å². The molecule has 0 aromatic rings. The SMILES string of the molecule is CC1CNC(=O)C1CCC(C)(C)C. The minimum atomic E-state index is 0.261. The van der Waals surface area contributed by atoms with Gasteiger partial charge in [0.15, 0.2) is 0 Å². The predicted octanol–water partition coefficient (Wildman–Crippen LogP) is 2.19. The van der Waals surface area contributed by atoms with E-state index in [2.05, 4.69) is 33.0 Å². The van der Waals surface area contributed by atoms with Crippen LogP contribution in [0.3, 0.4) is 0 Å². The van der Waals surface area contributed by atoms with Crippen molar-refractivity contribution in [2.45, 2.75) is 40.5 Å². The van der Waals surface area contributed by atoms with E-state index in [9.17, 15) is 4.79 Å². The minimum Gasteiger partial charge on any atom is -0.356 e. The average Bonchev–Trinajstić information content (AvgIpc) is 2.27. The maximum atomic E-state index is 11.4. The summed E-state index contributed by atoms with van der Waals surface area (Å²) in [6.45, 7) is 9.71. The lowest BCUT2D eigenvalue weighted by Crippen LogP contribution is -2.21. The van der Waals surface area contributed by atoms with Gasteiger partial charge < -0.3 is 5.32 Å². The van der Waals surface area contributed by atoms with Crippen molar-refractivity contribution in [1.82, 2.24) is 5.32 Å². The molecule has 0 bridgehead atoms. The van der Waals surface area contributed by atoms with Crippen LogP contribution in [0.1, 0.15) is 40.5 Å². The summed E-state index contributed by atoms with van der Waals surface area (Å²) < 4.78 is 0. The summed E-state index contributed by atoms with van der Waals surface area (Å²) in [5.74, 6) is 1.05. The zero-order valence-corrected chi connectivity index (χ0v) is 9.18. The van der Waals surface area contributed by atoms with Crippen LogP contribution in [-0.4, -0.2) is 12.5 Å². The van der Waals surface area contributed by atoms with Crippen molar-refractivity contribution in [3.63, 3.8) is 0 Å². The van der Waals surface area contributed by atoms with Gasteiger partial charge in [-0.15, -0.1) is 0 Å². The van der Waals surface area contributed by atoms with Crippen LogP contribution in [0.5, 0.6) is 0 Å². The van der Waals surface area contributed by atoms with Crippen LogP contribution >= 0.6 is 0 Å². The van der Waals surface area contributed by atoms with Crippen LogP contribution in [0.2, 0.25) is 0 Å². The van der Waals surface area contributed by atoms with Crippen molar-refractivity contribution in [2.24, 2.45) is 17.3 Å². The molecule has 2 heteroatoms. The highest BCUT2D eigenvalue weighted by Gasteiger charge is 2.31. The molecule has 2 nitrogen and oxygen atoms in total. The van der Waals surface area contributed by atoms with E-state index in [0.29, 0.717) is 11.3 Å². The van der Waals surface area contributed by atoms with Gasteiger partial charge in [0.25, 0.3) is 0 Å². The van der Waals surface area contributed by atoms with Gasteiger partial charge in [-0.25, -0.2) is 0 Å². The number of carbonyl (C=O) groups is 1. The fourth-order valence-electron chi connectivity index (χ4n) is 1.80. The molecule has 0 saturated carbocycles. The van der Waals surface area contributed by atoms with Crippen LogP contribution in [0.15, 0.2) is 0 Å². The maximum absolute atomic E-state index is 11.4. The average molecular weight is 183 g/mol. The van der Waals surface area contributed by atoms with E-state index in [4.69, 9.17) is 0 Å². The molecule has 2 atom stereocenters. The summed E-state index contributed by atoms with van der Waals surface area (Å²) in [5.41, 5.74) is 0.350. The van der Waals surface area contributed by atoms with Crippen LogP contribution < -0.4 is 5.32 Å². The molecule has 1 aliphatic rings. The molecule has 1 rings (SSSR count). The van der Waals surface area contributed by atoms with Crippen molar-refractivity contribution in [3.05, 3.63) is 0 Å². The number of hydrogen-bond donors (Lipinski definition) is 1. The summed E-state index contributed by atoms with van der Waals surface area (Å²) in [5, 5.41) is 2.92. The zero-order chi connectivity index (χ0) is 10.1. The monoisotopic (exact) mass is 183 g/mol. The van der Waals surface area contributed by atoms with Gasteiger partial charge in [0, 0.05) is 12.5 Å². The minimum absolute atomic E-state index is 0.261. The third-order valence-electron chi connectivity index (χ3n) is 2.83. The van der Waals surface area contributed by atoms with E-state index < -0.39 is 0 Å². The van der Waals surface area contributed by atoms with Gasteiger partial charge in [0.05, 0.1) is 0 Å². The summed E-state index contributed by atoms with van der Waals surface area (Å²) in [7, 11) is 0. The Morgan fingerprint density at radius 1 is 1.46 bits per heavy atom. The van der Waals surface area contributed by atoms with E-state index in [0.717, 1.165) is 19.4 Å². The molecule has 1 N–H and O–H groups in total. The van der Waals surface area contributed by atoms with Crippen molar-refractivity contribution < 1.29 is 4.79 Å². The van der Waals surface area contributed by atoms with Gasteiger partial charge in [0.1, 0.15) is 0 Å². The van der Waals surface area contributed by atoms with E-state index in [-0.39, 0.29) is 11.8 Å². The number of carbonyl (C=O) groups excluding carboxylic acids is 1. The molecule has 1 heterocycles. The molecule has 0 aliphatic carbocycles. The van der Waals surface area contributed by atoms with Crippen LogP contribution in [0.4, 0.5) is 0 Å². The Hall–Kier alpha value is -0.530. The van der Waals surface area contributed by atoms with Crippen molar-refractivity contribution in [3.8, 4) is 0 Å². The lowest BCUT2D eigenvalue weighted by Gasteiger charge is -2.21. The van der Waals surface area contributed by atoms with Crippen molar-refractivity contribution in [2.75, 3.05) is 6.54 Å². The van der Waals surface area contributed by atoms with Crippen LogP contribution in [-0.2, 0) is 4.79 Å². The van der Waals surface area contributed by atoms with Crippen molar-refractivity contribution in [1.29, 1.82) is 0 Å². The number of hydrogen-bond acceptors (Lipinski definition) is 1. The highest BCUT2D eigenvalue weighted by atomic mass is 16.2. The molecule has 1 aliphatic heterocycles. The lowest BCUT2D eigenvalue weighted by atomic mass is 9.83. The van der Waals surface area contributed by atoms with Gasteiger partial charge in [-0.05, 0) is 24.2 Å². The first kappa shape index (κ1) is 10.6.